The number of para-hydroxylation sites is 1. The van der Waals surface area contributed by atoms with Crippen molar-refractivity contribution < 1.29 is 0 Å². The van der Waals surface area contributed by atoms with E-state index in [-0.39, 0.29) is 0 Å². The molecule has 11 rings (SSSR count). The zero-order chi connectivity index (χ0) is 37.7. The summed E-state index contributed by atoms with van der Waals surface area (Å²) in [5.41, 5.74) is 9.02. The van der Waals surface area contributed by atoms with Crippen molar-refractivity contribution in [2.75, 3.05) is 9.80 Å². The quantitative estimate of drug-likeness (QED) is 0.160. The smallest absolute Gasteiger partial charge is 0.0661 e. The average molecular weight is 745 g/mol. The topological polar surface area (TPSA) is 6.48 Å². The maximum absolute atomic E-state index is 2.48. The lowest BCUT2D eigenvalue weighted by molar-refractivity contribution is 1.27. The van der Waals surface area contributed by atoms with Gasteiger partial charge in [0.15, 0.2) is 0 Å². The molecule has 57 heavy (non-hydrogen) atoms. The van der Waals surface area contributed by atoms with Crippen LogP contribution in [0.4, 0.5) is 34.1 Å². The zero-order valence-electron chi connectivity index (χ0n) is 31.1. The summed E-state index contributed by atoms with van der Waals surface area (Å²) in [6.45, 7) is 0. The fourth-order valence-corrected chi connectivity index (χ4v) is 9.58. The number of nitrogens with zero attached hydrogens (tertiary/aromatic N) is 2. The van der Waals surface area contributed by atoms with E-state index < -0.39 is 0 Å². The molecule has 0 radical (unpaired) electrons. The first-order valence-corrected chi connectivity index (χ1v) is 20.2. The van der Waals surface area contributed by atoms with E-state index >= 15 is 0 Å². The van der Waals surface area contributed by atoms with Gasteiger partial charge in [-0.25, -0.2) is 0 Å². The lowest BCUT2D eigenvalue weighted by Gasteiger charge is -2.30. The van der Waals surface area contributed by atoms with E-state index in [9.17, 15) is 0 Å². The summed E-state index contributed by atoms with van der Waals surface area (Å²) in [7, 11) is 0. The predicted molar refractivity (Wildman–Crippen MR) is 247 cm³/mol. The van der Waals surface area contributed by atoms with Gasteiger partial charge in [-0.15, -0.1) is 11.3 Å². The highest BCUT2D eigenvalue weighted by atomic mass is 32.1. The average Bonchev–Trinajstić information content (AvgIpc) is 3.64. The SMILES string of the molecule is c1ccc(-c2cccc(N(c3ccc4ccccc4c3)c3cc(N(c4ccccc4)c4ccc5ccccc5c4)cc4c3sc3cc5ccccc5cc34)c2)cc1. The molecule has 0 N–H and O–H groups in total. The van der Waals surface area contributed by atoms with E-state index in [0.29, 0.717) is 0 Å². The number of benzene rings is 10. The second-order valence-electron chi connectivity index (χ2n) is 14.6. The van der Waals surface area contributed by atoms with E-state index in [1.165, 1.54) is 63.6 Å². The molecule has 0 spiro atoms. The first kappa shape index (κ1) is 33.2. The Bertz CT molecular complexity index is 3260. The summed E-state index contributed by atoms with van der Waals surface area (Å²) in [5, 5.41) is 9.85. The van der Waals surface area contributed by atoms with Gasteiger partial charge in [0, 0.05) is 43.9 Å². The molecule has 3 heteroatoms. The molecule has 0 aliphatic rings. The monoisotopic (exact) mass is 744 g/mol. The van der Waals surface area contributed by atoms with Crippen LogP contribution in [0, 0.1) is 0 Å². The third-order valence-corrected chi connectivity index (χ3v) is 12.3. The molecule has 1 heterocycles. The maximum Gasteiger partial charge on any atom is 0.0661 e. The summed E-state index contributed by atoms with van der Waals surface area (Å²) in [6, 6.07) is 79.7. The highest BCUT2D eigenvalue weighted by Crippen LogP contribution is 2.50. The Hall–Kier alpha value is -7.20. The van der Waals surface area contributed by atoms with Crippen molar-refractivity contribution in [1.82, 2.24) is 0 Å². The van der Waals surface area contributed by atoms with Crippen LogP contribution >= 0.6 is 11.3 Å². The Morgan fingerprint density at radius 1 is 0.281 bits per heavy atom. The van der Waals surface area contributed by atoms with Crippen molar-refractivity contribution in [1.29, 1.82) is 0 Å². The molecule has 11 aromatic rings. The predicted octanol–water partition coefficient (Wildman–Crippen LogP) is 16.1. The minimum Gasteiger partial charge on any atom is -0.310 e. The first-order valence-electron chi connectivity index (χ1n) is 19.4. The van der Waals surface area contributed by atoms with Gasteiger partial charge in [0.25, 0.3) is 0 Å². The summed E-state index contributed by atoms with van der Waals surface area (Å²) in [6.07, 6.45) is 0. The van der Waals surface area contributed by atoms with E-state index in [1.54, 1.807) is 0 Å². The summed E-state index contributed by atoms with van der Waals surface area (Å²) in [5.74, 6) is 0. The van der Waals surface area contributed by atoms with Gasteiger partial charge < -0.3 is 9.80 Å². The fraction of sp³-hybridized carbons (Fsp3) is 0. The lowest BCUT2D eigenvalue weighted by atomic mass is 10.0. The second kappa shape index (κ2) is 13.8. The molecule has 2 nitrogen and oxygen atoms in total. The summed E-state index contributed by atoms with van der Waals surface area (Å²) in [4.78, 5) is 4.89. The number of thiophene rings is 1. The molecule has 0 aliphatic heterocycles. The van der Waals surface area contributed by atoms with Crippen LogP contribution in [0.15, 0.2) is 218 Å². The third-order valence-electron chi connectivity index (χ3n) is 11.1. The minimum absolute atomic E-state index is 1.09. The Balaban J connectivity index is 1.24. The van der Waals surface area contributed by atoms with Gasteiger partial charge in [0.05, 0.1) is 10.4 Å². The van der Waals surface area contributed by atoms with Crippen LogP contribution in [-0.2, 0) is 0 Å². The fourth-order valence-electron chi connectivity index (χ4n) is 8.36. The molecule has 0 aliphatic carbocycles. The van der Waals surface area contributed by atoms with Crippen molar-refractivity contribution in [3.05, 3.63) is 218 Å². The second-order valence-corrected chi connectivity index (χ2v) is 15.7. The highest BCUT2D eigenvalue weighted by molar-refractivity contribution is 7.26. The maximum atomic E-state index is 2.48. The molecule has 0 atom stereocenters. The first-order chi connectivity index (χ1) is 28.2. The standard InChI is InChI=1S/C54H36N2S/c1-3-14-37(15-4-1)42-22-13-25-46(30-42)56(48-29-27-39-17-8-10-19-41(39)32-48)52-36-49(35-51-50-33-43-20-11-12-21-44(43)34-53(50)57-54(51)52)55(45-23-5-2-6-24-45)47-28-26-38-16-7-9-18-40(38)31-47/h1-36H. The molecule has 0 unspecified atom stereocenters. The van der Waals surface area contributed by atoms with Crippen LogP contribution in [0.1, 0.15) is 0 Å². The van der Waals surface area contributed by atoms with Gasteiger partial charge in [-0.2, -0.15) is 0 Å². The van der Waals surface area contributed by atoms with Gasteiger partial charge in [0.2, 0.25) is 0 Å². The lowest BCUT2D eigenvalue weighted by Crippen LogP contribution is -2.13. The Labute approximate surface area is 335 Å². The Morgan fingerprint density at radius 3 is 1.46 bits per heavy atom. The van der Waals surface area contributed by atoms with Gasteiger partial charge in [-0.1, -0.05) is 146 Å². The number of fused-ring (bicyclic) bond motifs is 6. The van der Waals surface area contributed by atoms with E-state index in [1.807, 2.05) is 11.3 Å². The van der Waals surface area contributed by atoms with Crippen molar-refractivity contribution in [3.8, 4) is 11.1 Å². The van der Waals surface area contributed by atoms with Gasteiger partial charge in [0.1, 0.15) is 0 Å². The van der Waals surface area contributed by atoms with Crippen LogP contribution in [0.5, 0.6) is 0 Å². The molecule has 0 fully saturated rings. The Morgan fingerprint density at radius 2 is 0.789 bits per heavy atom. The largest absolute Gasteiger partial charge is 0.310 e. The molecule has 1 aromatic heterocycles. The summed E-state index contributed by atoms with van der Waals surface area (Å²) < 4.78 is 2.52. The van der Waals surface area contributed by atoms with Crippen molar-refractivity contribution in [2.24, 2.45) is 0 Å². The molecular weight excluding hydrogens is 709 g/mol. The normalized spacial score (nSPS) is 11.5. The number of hydrogen-bond donors (Lipinski definition) is 0. The molecule has 0 saturated heterocycles. The molecule has 0 amide bonds. The highest BCUT2D eigenvalue weighted by Gasteiger charge is 2.23. The van der Waals surface area contributed by atoms with Crippen LogP contribution in [-0.4, -0.2) is 0 Å². The number of anilines is 6. The van der Waals surface area contributed by atoms with Crippen LogP contribution in [0.3, 0.4) is 0 Å². The Kier molecular flexibility index (Phi) is 8.04. The molecule has 268 valence electrons. The van der Waals surface area contributed by atoms with Crippen LogP contribution in [0.2, 0.25) is 0 Å². The van der Waals surface area contributed by atoms with E-state index in [2.05, 4.69) is 228 Å². The molecular formula is C54H36N2S. The van der Waals surface area contributed by atoms with Gasteiger partial charge >= 0.3 is 0 Å². The minimum atomic E-state index is 1.09. The van der Waals surface area contributed by atoms with Crippen molar-refractivity contribution in [2.45, 2.75) is 0 Å². The van der Waals surface area contributed by atoms with Crippen molar-refractivity contribution >= 4 is 98.0 Å². The van der Waals surface area contributed by atoms with E-state index in [4.69, 9.17) is 0 Å². The molecule has 0 bridgehead atoms. The van der Waals surface area contributed by atoms with Crippen molar-refractivity contribution in [3.63, 3.8) is 0 Å². The molecule has 10 aromatic carbocycles. The van der Waals surface area contributed by atoms with Gasteiger partial charge in [-0.05, 0) is 116 Å². The van der Waals surface area contributed by atoms with E-state index in [0.717, 1.165) is 34.1 Å². The third kappa shape index (κ3) is 5.97. The van der Waals surface area contributed by atoms with Crippen LogP contribution in [0.25, 0.3) is 63.6 Å². The van der Waals surface area contributed by atoms with Crippen LogP contribution < -0.4 is 9.80 Å². The number of hydrogen-bond acceptors (Lipinski definition) is 3. The summed E-state index contributed by atoms with van der Waals surface area (Å²) >= 11 is 1.88. The molecule has 0 saturated carbocycles. The van der Waals surface area contributed by atoms with Gasteiger partial charge in [-0.3, -0.25) is 0 Å². The zero-order valence-corrected chi connectivity index (χ0v) is 31.9. The number of rotatable bonds is 7.